The molecule has 1 fully saturated rings. The number of hydrogen-bond acceptors (Lipinski definition) is 3. The lowest BCUT2D eigenvalue weighted by Crippen LogP contribution is -2.14. The van der Waals surface area contributed by atoms with E-state index in [1.165, 1.54) is 5.56 Å². The summed E-state index contributed by atoms with van der Waals surface area (Å²) in [7, 11) is 3.66. The van der Waals surface area contributed by atoms with Gasteiger partial charge >= 0.3 is 0 Å². The van der Waals surface area contributed by atoms with E-state index in [-0.39, 0.29) is 5.60 Å². The summed E-state index contributed by atoms with van der Waals surface area (Å²) in [4.78, 5) is 0. The van der Waals surface area contributed by atoms with E-state index in [4.69, 9.17) is 10.5 Å². The molecule has 0 unspecified atom stereocenters. The number of nitrogens with two attached hydrogens (primary N) is 1. The Morgan fingerprint density at radius 2 is 2.16 bits per heavy atom. The van der Waals surface area contributed by atoms with E-state index in [1.54, 1.807) is 11.8 Å². The second-order valence-electron chi connectivity index (χ2n) is 5.34. The molecule has 4 heteroatoms. The average molecular weight is 257 g/mol. The van der Waals surface area contributed by atoms with Gasteiger partial charge < -0.3 is 10.5 Å². The molecule has 1 heterocycles. The molecule has 0 spiro atoms. The first-order chi connectivity index (χ1) is 9.12. The summed E-state index contributed by atoms with van der Waals surface area (Å²) in [6.07, 6.45) is 3.29. The number of hydrogen-bond donors (Lipinski definition) is 1. The monoisotopic (exact) mass is 257 g/mol. The van der Waals surface area contributed by atoms with Gasteiger partial charge in [0.05, 0.1) is 11.3 Å². The van der Waals surface area contributed by atoms with Gasteiger partial charge in [-0.2, -0.15) is 5.10 Å². The van der Waals surface area contributed by atoms with Crippen LogP contribution in [0, 0.1) is 0 Å². The topological polar surface area (TPSA) is 53.1 Å². The highest BCUT2D eigenvalue weighted by Crippen LogP contribution is 2.42. The molecule has 1 aliphatic carbocycles. The number of nitrogen functional groups attached to an aromatic ring is 1. The molecule has 19 heavy (non-hydrogen) atoms. The van der Waals surface area contributed by atoms with Crippen molar-refractivity contribution in [3.63, 3.8) is 0 Å². The number of methoxy groups -OCH3 is 1. The van der Waals surface area contributed by atoms with Crippen molar-refractivity contribution in [1.29, 1.82) is 0 Å². The molecule has 0 aliphatic heterocycles. The second-order valence-corrected chi connectivity index (χ2v) is 5.34. The molecule has 0 atom stereocenters. The second kappa shape index (κ2) is 4.38. The Morgan fingerprint density at radius 3 is 2.74 bits per heavy atom. The van der Waals surface area contributed by atoms with E-state index in [2.05, 4.69) is 29.4 Å². The highest BCUT2D eigenvalue weighted by atomic mass is 16.5. The van der Waals surface area contributed by atoms with E-state index in [0.29, 0.717) is 5.82 Å². The van der Waals surface area contributed by atoms with E-state index < -0.39 is 0 Å². The van der Waals surface area contributed by atoms with Crippen molar-refractivity contribution >= 4 is 5.82 Å². The Morgan fingerprint density at radius 1 is 1.37 bits per heavy atom. The van der Waals surface area contributed by atoms with Crippen molar-refractivity contribution in [3.8, 4) is 11.3 Å². The lowest BCUT2D eigenvalue weighted by molar-refractivity contribution is 0.0808. The highest BCUT2D eigenvalue weighted by Gasteiger charge is 2.42. The number of aromatic nitrogens is 2. The lowest BCUT2D eigenvalue weighted by atomic mass is 10.0. The van der Waals surface area contributed by atoms with Gasteiger partial charge in [-0.05, 0) is 24.5 Å². The Balaban J connectivity index is 1.87. The molecular formula is C15H19N3O. The maximum Gasteiger partial charge on any atom is 0.121 e. The van der Waals surface area contributed by atoms with Crippen LogP contribution < -0.4 is 5.73 Å². The smallest absolute Gasteiger partial charge is 0.121 e. The van der Waals surface area contributed by atoms with Crippen molar-refractivity contribution < 1.29 is 4.74 Å². The van der Waals surface area contributed by atoms with E-state index in [0.717, 1.165) is 30.5 Å². The van der Waals surface area contributed by atoms with Crippen LogP contribution in [-0.2, 0) is 18.2 Å². The van der Waals surface area contributed by atoms with Gasteiger partial charge in [-0.15, -0.1) is 0 Å². The minimum Gasteiger partial charge on any atom is -0.384 e. The van der Waals surface area contributed by atoms with Crippen LogP contribution in [0.3, 0.4) is 0 Å². The third-order valence-corrected chi connectivity index (χ3v) is 3.91. The van der Waals surface area contributed by atoms with Gasteiger partial charge in [0, 0.05) is 32.2 Å². The predicted molar refractivity (Wildman–Crippen MR) is 75.7 cm³/mol. The SMILES string of the molecule is COC1(Cc2cccc(-c3cc(N)n(C)n3)c2)CC1. The van der Waals surface area contributed by atoms with Crippen molar-refractivity contribution in [2.24, 2.45) is 7.05 Å². The number of rotatable bonds is 4. The van der Waals surface area contributed by atoms with Crippen molar-refractivity contribution in [2.45, 2.75) is 24.9 Å². The fourth-order valence-corrected chi connectivity index (χ4v) is 2.43. The lowest BCUT2D eigenvalue weighted by Gasteiger charge is -2.13. The predicted octanol–water partition coefficient (Wildman–Crippen LogP) is 2.39. The molecule has 0 radical (unpaired) electrons. The van der Waals surface area contributed by atoms with Crippen molar-refractivity contribution in [3.05, 3.63) is 35.9 Å². The number of anilines is 1. The van der Waals surface area contributed by atoms with Crippen LogP contribution >= 0.6 is 0 Å². The quantitative estimate of drug-likeness (QED) is 0.915. The molecule has 3 rings (SSSR count). The number of aryl methyl sites for hydroxylation is 1. The van der Waals surface area contributed by atoms with Crippen LogP contribution in [0.2, 0.25) is 0 Å². The Hall–Kier alpha value is -1.81. The van der Waals surface area contributed by atoms with Crippen molar-refractivity contribution in [2.75, 3.05) is 12.8 Å². The third-order valence-electron chi connectivity index (χ3n) is 3.91. The summed E-state index contributed by atoms with van der Waals surface area (Å²) < 4.78 is 7.28. The van der Waals surface area contributed by atoms with Crippen LogP contribution in [0.1, 0.15) is 18.4 Å². The maximum atomic E-state index is 5.83. The fraction of sp³-hybridized carbons (Fsp3) is 0.400. The molecule has 4 nitrogen and oxygen atoms in total. The number of benzene rings is 1. The first kappa shape index (κ1) is 12.2. The van der Waals surface area contributed by atoms with Crippen LogP contribution in [0.4, 0.5) is 5.82 Å². The Bertz CT molecular complexity index is 580. The zero-order chi connectivity index (χ0) is 13.5. The fourth-order valence-electron chi connectivity index (χ4n) is 2.43. The zero-order valence-electron chi connectivity index (χ0n) is 11.4. The van der Waals surface area contributed by atoms with E-state index >= 15 is 0 Å². The summed E-state index contributed by atoms with van der Waals surface area (Å²) in [5.41, 5.74) is 9.24. The Labute approximate surface area is 113 Å². The van der Waals surface area contributed by atoms with E-state index in [1.807, 2.05) is 13.1 Å². The summed E-state index contributed by atoms with van der Waals surface area (Å²) in [5.74, 6) is 0.677. The summed E-state index contributed by atoms with van der Waals surface area (Å²) in [6.45, 7) is 0. The molecule has 1 aliphatic rings. The van der Waals surface area contributed by atoms with Gasteiger partial charge in [-0.3, -0.25) is 4.68 Å². The number of nitrogens with zero attached hydrogens (tertiary/aromatic N) is 2. The normalized spacial score (nSPS) is 16.5. The Kier molecular flexibility index (Phi) is 2.82. The maximum absolute atomic E-state index is 5.83. The minimum atomic E-state index is 0.0851. The average Bonchev–Trinajstić information content (AvgIpc) is 3.10. The van der Waals surface area contributed by atoms with Crippen LogP contribution in [0.5, 0.6) is 0 Å². The van der Waals surface area contributed by atoms with Gasteiger partial charge in [0.15, 0.2) is 0 Å². The molecule has 2 N–H and O–H groups in total. The molecule has 1 aromatic heterocycles. The molecule has 1 aromatic carbocycles. The molecular weight excluding hydrogens is 238 g/mol. The van der Waals surface area contributed by atoms with E-state index in [9.17, 15) is 0 Å². The van der Waals surface area contributed by atoms with Crippen LogP contribution in [-0.4, -0.2) is 22.5 Å². The summed E-state index contributed by atoms with van der Waals surface area (Å²) in [5, 5.41) is 4.41. The first-order valence-electron chi connectivity index (χ1n) is 6.56. The molecule has 0 saturated heterocycles. The van der Waals surface area contributed by atoms with Crippen LogP contribution in [0.15, 0.2) is 30.3 Å². The third kappa shape index (κ3) is 2.36. The molecule has 100 valence electrons. The standard InChI is InChI=1S/C15H19N3O/c1-18-14(16)9-13(17-18)12-5-3-4-11(8-12)10-15(19-2)6-7-15/h3-5,8-9H,6-7,10,16H2,1-2H3. The summed E-state index contributed by atoms with van der Waals surface area (Å²) >= 11 is 0. The molecule has 1 saturated carbocycles. The number of ether oxygens (including phenoxy) is 1. The summed E-state index contributed by atoms with van der Waals surface area (Å²) in [6, 6.07) is 10.4. The van der Waals surface area contributed by atoms with Crippen LogP contribution in [0.25, 0.3) is 11.3 Å². The first-order valence-corrected chi connectivity index (χ1v) is 6.56. The highest BCUT2D eigenvalue weighted by molar-refractivity contribution is 5.63. The van der Waals surface area contributed by atoms with Gasteiger partial charge in [0.1, 0.15) is 5.82 Å². The molecule has 0 bridgehead atoms. The van der Waals surface area contributed by atoms with Gasteiger partial charge in [-0.1, -0.05) is 18.2 Å². The van der Waals surface area contributed by atoms with Gasteiger partial charge in [0.2, 0.25) is 0 Å². The molecule has 0 amide bonds. The zero-order valence-corrected chi connectivity index (χ0v) is 11.4. The minimum absolute atomic E-state index is 0.0851. The van der Waals surface area contributed by atoms with Crippen molar-refractivity contribution in [1.82, 2.24) is 9.78 Å². The molecule has 2 aromatic rings. The van der Waals surface area contributed by atoms with Gasteiger partial charge in [0.25, 0.3) is 0 Å². The largest absolute Gasteiger partial charge is 0.384 e. The van der Waals surface area contributed by atoms with Gasteiger partial charge in [-0.25, -0.2) is 0 Å².